The Morgan fingerprint density at radius 1 is 1.13 bits per heavy atom. The van der Waals surface area contributed by atoms with Gasteiger partial charge in [-0.2, -0.15) is 0 Å². The number of piperidine rings is 1. The Morgan fingerprint density at radius 2 is 1.80 bits per heavy atom. The fourth-order valence-electron chi connectivity index (χ4n) is 2.86. The summed E-state index contributed by atoms with van der Waals surface area (Å²) in [5, 5.41) is 3.61. The predicted octanol–water partition coefficient (Wildman–Crippen LogP) is 2.46. The lowest BCUT2D eigenvalue weighted by molar-refractivity contribution is 0.149. The summed E-state index contributed by atoms with van der Waals surface area (Å²) in [6, 6.07) is 1.63. The van der Waals surface area contributed by atoms with Crippen LogP contribution < -0.4 is 5.32 Å². The van der Waals surface area contributed by atoms with E-state index in [1.165, 1.54) is 51.7 Å². The van der Waals surface area contributed by atoms with Gasteiger partial charge < -0.3 is 5.32 Å². The van der Waals surface area contributed by atoms with Crippen LogP contribution in [0.25, 0.3) is 0 Å². The highest BCUT2D eigenvalue weighted by molar-refractivity contribution is 5.85. The quantitative estimate of drug-likeness (QED) is 0.815. The third kappa shape index (κ3) is 3.77. The molecule has 2 aliphatic heterocycles. The van der Waals surface area contributed by atoms with E-state index in [2.05, 4.69) is 17.1 Å². The summed E-state index contributed by atoms with van der Waals surface area (Å²) >= 11 is 0. The number of halogens is 2. The van der Waals surface area contributed by atoms with Crippen LogP contribution in [0, 0.1) is 0 Å². The average Bonchev–Trinajstić information content (AvgIpc) is 2.67. The van der Waals surface area contributed by atoms with Crippen LogP contribution in [-0.4, -0.2) is 36.6 Å². The first-order valence-electron chi connectivity index (χ1n) is 5.89. The molecule has 2 fully saturated rings. The van der Waals surface area contributed by atoms with Crippen molar-refractivity contribution in [3.8, 4) is 0 Å². The summed E-state index contributed by atoms with van der Waals surface area (Å²) < 4.78 is 0. The number of likely N-dealkylation sites (tertiary alicyclic amines) is 1. The second kappa shape index (κ2) is 7.72. The molecular formula is C11H24Cl2N2. The van der Waals surface area contributed by atoms with Gasteiger partial charge in [0.05, 0.1) is 0 Å². The van der Waals surface area contributed by atoms with Crippen LogP contribution in [0.5, 0.6) is 0 Å². The van der Waals surface area contributed by atoms with E-state index in [-0.39, 0.29) is 24.8 Å². The molecule has 0 aromatic rings. The SMILES string of the molecule is CCC1NCCC1N1CCCCC1.Cl.Cl. The number of hydrogen-bond acceptors (Lipinski definition) is 2. The molecule has 0 spiro atoms. The van der Waals surface area contributed by atoms with Crippen molar-refractivity contribution in [1.29, 1.82) is 0 Å². The summed E-state index contributed by atoms with van der Waals surface area (Å²) in [5.74, 6) is 0. The summed E-state index contributed by atoms with van der Waals surface area (Å²) in [5.41, 5.74) is 0. The number of rotatable bonds is 2. The summed E-state index contributed by atoms with van der Waals surface area (Å²) in [6.45, 7) is 6.24. The molecule has 0 radical (unpaired) electrons. The molecule has 0 bridgehead atoms. The van der Waals surface area contributed by atoms with E-state index in [0.29, 0.717) is 0 Å². The standard InChI is InChI=1S/C11H22N2.2ClH/c1-2-10-11(6-7-12-10)13-8-4-3-5-9-13;;/h10-12H,2-9H2,1H3;2*1H. The van der Waals surface area contributed by atoms with Gasteiger partial charge >= 0.3 is 0 Å². The smallest absolute Gasteiger partial charge is 0.0261 e. The largest absolute Gasteiger partial charge is 0.312 e. The van der Waals surface area contributed by atoms with Crippen LogP contribution in [0.2, 0.25) is 0 Å². The Bertz CT molecular complexity index is 161. The van der Waals surface area contributed by atoms with Crippen molar-refractivity contribution >= 4 is 24.8 Å². The molecule has 1 N–H and O–H groups in total. The number of nitrogens with zero attached hydrogens (tertiary/aromatic N) is 1. The van der Waals surface area contributed by atoms with Crippen molar-refractivity contribution in [2.24, 2.45) is 0 Å². The van der Waals surface area contributed by atoms with Crippen LogP contribution >= 0.6 is 24.8 Å². The first-order valence-corrected chi connectivity index (χ1v) is 5.89. The van der Waals surface area contributed by atoms with Crippen molar-refractivity contribution in [2.75, 3.05) is 19.6 Å². The van der Waals surface area contributed by atoms with Crippen molar-refractivity contribution in [3.05, 3.63) is 0 Å². The molecule has 2 unspecified atom stereocenters. The predicted molar refractivity (Wildman–Crippen MR) is 70.4 cm³/mol. The molecule has 0 saturated carbocycles. The molecule has 2 saturated heterocycles. The van der Waals surface area contributed by atoms with Crippen LogP contribution in [0.3, 0.4) is 0 Å². The molecule has 0 amide bonds. The van der Waals surface area contributed by atoms with Gasteiger partial charge in [0.25, 0.3) is 0 Å². The molecule has 2 atom stereocenters. The van der Waals surface area contributed by atoms with Gasteiger partial charge in [0.1, 0.15) is 0 Å². The van der Waals surface area contributed by atoms with E-state index in [0.717, 1.165) is 12.1 Å². The van der Waals surface area contributed by atoms with Gasteiger partial charge in [-0.25, -0.2) is 0 Å². The highest BCUT2D eigenvalue weighted by Gasteiger charge is 2.30. The maximum absolute atomic E-state index is 3.61. The first-order chi connectivity index (χ1) is 6.42. The molecule has 0 aromatic carbocycles. The fourth-order valence-corrected chi connectivity index (χ4v) is 2.86. The van der Waals surface area contributed by atoms with E-state index in [4.69, 9.17) is 0 Å². The average molecular weight is 255 g/mol. The third-order valence-electron chi connectivity index (χ3n) is 3.61. The second-order valence-corrected chi connectivity index (χ2v) is 4.42. The zero-order chi connectivity index (χ0) is 9.10. The zero-order valence-corrected chi connectivity index (χ0v) is 11.2. The molecule has 4 heteroatoms. The maximum Gasteiger partial charge on any atom is 0.0261 e. The molecular weight excluding hydrogens is 231 g/mol. The highest BCUT2D eigenvalue weighted by atomic mass is 35.5. The molecule has 92 valence electrons. The van der Waals surface area contributed by atoms with Gasteiger partial charge in [-0.3, -0.25) is 4.90 Å². The van der Waals surface area contributed by atoms with E-state index in [1.807, 2.05) is 0 Å². The van der Waals surface area contributed by atoms with Crippen molar-refractivity contribution < 1.29 is 0 Å². The van der Waals surface area contributed by atoms with Crippen molar-refractivity contribution in [3.63, 3.8) is 0 Å². The van der Waals surface area contributed by atoms with E-state index in [9.17, 15) is 0 Å². The van der Waals surface area contributed by atoms with Gasteiger partial charge in [0.2, 0.25) is 0 Å². The number of nitrogens with one attached hydrogen (secondary N) is 1. The number of hydrogen-bond donors (Lipinski definition) is 1. The van der Waals surface area contributed by atoms with Gasteiger partial charge in [0.15, 0.2) is 0 Å². The topological polar surface area (TPSA) is 15.3 Å². The van der Waals surface area contributed by atoms with Gasteiger partial charge in [-0.15, -0.1) is 24.8 Å². The van der Waals surface area contributed by atoms with Gasteiger partial charge in [-0.1, -0.05) is 13.3 Å². The Kier molecular flexibility index (Phi) is 7.98. The van der Waals surface area contributed by atoms with E-state index in [1.54, 1.807) is 0 Å². The lowest BCUT2D eigenvalue weighted by Crippen LogP contribution is -2.45. The normalized spacial score (nSPS) is 31.8. The minimum atomic E-state index is 0. The van der Waals surface area contributed by atoms with Crippen molar-refractivity contribution in [1.82, 2.24) is 10.2 Å². The summed E-state index contributed by atoms with van der Waals surface area (Å²) in [6.07, 6.45) is 6.97. The van der Waals surface area contributed by atoms with Crippen LogP contribution in [0.1, 0.15) is 39.0 Å². The van der Waals surface area contributed by atoms with Crippen LogP contribution in [0.4, 0.5) is 0 Å². The van der Waals surface area contributed by atoms with Gasteiger partial charge in [-0.05, 0) is 45.3 Å². The second-order valence-electron chi connectivity index (χ2n) is 4.42. The Morgan fingerprint density at radius 3 is 2.40 bits per heavy atom. The molecule has 2 nitrogen and oxygen atoms in total. The lowest BCUT2D eigenvalue weighted by Gasteiger charge is -2.35. The minimum Gasteiger partial charge on any atom is -0.312 e. The van der Waals surface area contributed by atoms with E-state index >= 15 is 0 Å². The molecule has 2 heterocycles. The maximum atomic E-state index is 3.61. The highest BCUT2D eigenvalue weighted by Crippen LogP contribution is 2.21. The third-order valence-corrected chi connectivity index (χ3v) is 3.61. The molecule has 2 aliphatic rings. The van der Waals surface area contributed by atoms with Crippen LogP contribution in [-0.2, 0) is 0 Å². The molecule has 15 heavy (non-hydrogen) atoms. The monoisotopic (exact) mass is 254 g/mol. The zero-order valence-electron chi connectivity index (χ0n) is 9.58. The molecule has 0 aliphatic carbocycles. The van der Waals surface area contributed by atoms with Gasteiger partial charge in [0, 0.05) is 12.1 Å². The first kappa shape index (κ1) is 15.5. The van der Waals surface area contributed by atoms with E-state index < -0.39 is 0 Å². The Hall–Kier alpha value is 0.500. The van der Waals surface area contributed by atoms with Crippen molar-refractivity contribution in [2.45, 2.75) is 51.1 Å². The fraction of sp³-hybridized carbons (Fsp3) is 1.00. The molecule has 0 aromatic heterocycles. The Labute approximate surface area is 106 Å². The molecule has 2 rings (SSSR count). The summed E-state index contributed by atoms with van der Waals surface area (Å²) in [7, 11) is 0. The summed E-state index contributed by atoms with van der Waals surface area (Å²) in [4.78, 5) is 2.72. The van der Waals surface area contributed by atoms with Crippen LogP contribution in [0.15, 0.2) is 0 Å². The Balaban J connectivity index is 0.000000980. The lowest BCUT2D eigenvalue weighted by atomic mass is 10.0. The minimum absolute atomic E-state index is 0.